The number of nitrogens with two attached hydrogens (primary N) is 1. The van der Waals surface area contributed by atoms with E-state index in [4.69, 9.17) is 10.9 Å². The van der Waals surface area contributed by atoms with Gasteiger partial charge in [-0.1, -0.05) is 35.5 Å². The normalized spacial score (nSPS) is 20.9. The number of hydrogen-bond acceptors (Lipinski definition) is 4. The summed E-state index contributed by atoms with van der Waals surface area (Å²) in [5, 5.41) is 21.4. The van der Waals surface area contributed by atoms with Gasteiger partial charge in [0.05, 0.1) is 6.10 Å². The highest BCUT2D eigenvalue weighted by molar-refractivity contribution is 6.02. The number of β-amino-alcohol motifs (C(OH)–C–C–N with tert-alkyl or cyclic N) is 1. The first-order valence-electron chi connectivity index (χ1n) is 6.60. The Hall–Kier alpha value is -2.08. The van der Waals surface area contributed by atoms with Crippen LogP contribution in [-0.4, -0.2) is 46.1 Å². The highest BCUT2D eigenvalue weighted by Gasteiger charge is 2.32. The number of likely N-dealkylation sites (tertiary alicyclic amines) is 1. The third-order valence-electron chi connectivity index (χ3n) is 3.53. The summed E-state index contributed by atoms with van der Waals surface area (Å²) >= 11 is 0. The van der Waals surface area contributed by atoms with Crippen molar-refractivity contribution >= 4 is 11.7 Å². The topological polar surface area (TPSA) is 99.2 Å². The van der Waals surface area contributed by atoms with E-state index in [1.165, 1.54) is 0 Å². The standard InChI is InChI=1S/C14H19N3O3/c15-13(16-20)12(8-10-4-2-1-3-5-10)14(19)17-7-6-11(18)9-17/h1-5,11-12,18,20H,6-9H2,(H2,15,16). The third kappa shape index (κ3) is 3.27. The molecule has 1 aromatic carbocycles. The molecule has 0 aromatic heterocycles. The van der Waals surface area contributed by atoms with Crippen LogP contribution in [0.3, 0.4) is 0 Å². The Balaban J connectivity index is 2.13. The summed E-state index contributed by atoms with van der Waals surface area (Å²) in [5.74, 6) is -1.01. The largest absolute Gasteiger partial charge is 0.409 e. The summed E-state index contributed by atoms with van der Waals surface area (Å²) < 4.78 is 0. The Morgan fingerprint density at radius 1 is 1.45 bits per heavy atom. The average Bonchev–Trinajstić information content (AvgIpc) is 2.91. The molecule has 0 aliphatic carbocycles. The van der Waals surface area contributed by atoms with Gasteiger partial charge in [0.25, 0.3) is 0 Å². The number of rotatable bonds is 4. The zero-order chi connectivity index (χ0) is 14.5. The second-order valence-electron chi connectivity index (χ2n) is 4.99. The van der Waals surface area contributed by atoms with Crippen LogP contribution >= 0.6 is 0 Å². The van der Waals surface area contributed by atoms with Gasteiger partial charge in [0, 0.05) is 13.1 Å². The molecule has 6 heteroatoms. The molecule has 0 bridgehead atoms. The van der Waals surface area contributed by atoms with Crippen LogP contribution in [0.1, 0.15) is 12.0 Å². The Morgan fingerprint density at radius 3 is 2.70 bits per heavy atom. The Bertz CT molecular complexity index is 490. The molecule has 20 heavy (non-hydrogen) atoms. The highest BCUT2D eigenvalue weighted by atomic mass is 16.4. The fourth-order valence-corrected chi connectivity index (χ4v) is 2.40. The van der Waals surface area contributed by atoms with E-state index in [9.17, 15) is 9.90 Å². The molecule has 2 unspecified atom stereocenters. The smallest absolute Gasteiger partial charge is 0.233 e. The van der Waals surface area contributed by atoms with Crippen LogP contribution in [0.5, 0.6) is 0 Å². The number of hydrogen-bond donors (Lipinski definition) is 3. The number of nitrogens with zero attached hydrogens (tertiary/aromatic N) is 2. The minimum absolute atomic E-state index is 0.0970. The third-order valence-corrected chi connectivity index (χ3v) is 3.53. The maximum atomic E-state index is 12.4. The minimum atomic E-state index is -0.701. The zero-order valence-corrected chi connectivity index (χ0v) is 11.1. The van der Waals surface area contributed by atoms with E-state index in [-0.39, 0.29) is 11.7 Å². The van der Waals surface area contributed by atoms with Crippen LogP contribution in [0.2, 0.25) is 0 Å². The van der Waals surface area contributed by atoms with E-state index in [1.54, 1.807) is 4.90 Å². The van der Waals surface area contributed by atoms with Crippen LogP contribution in [0, 0.1) is 5.92 Å². The summed E-state index contributed by atoms with van der Waals surface area (Å²) in [6.07, 6.45) is 0.464. The molecule has 2 rings (SSSR count). The van der Waals surface area contributed by atoms with E-state index < -0.39 is 12.0 Å². The van der Waals surface area contributed by atoms with Gasteiger partial charge in [0.2, 0.25) is 5.91 Å². The summed E-state index contributed by atoms with van der Waals surface area (Å²) in [7, 11) is 0. The Morgan fingerprint density at radius 2 is 2.15 bits per heavy atom. The van der Waals surface area contributed by atoms with Gasteiger partial charge >= 0.3 is 0 Å². The van der Waals surface area contributed by atoms with Crippen molar-refractivity contribution in [2.45, 2.75) is 18.9 Å². The predicted molar refractivity (Wildman–Crippen MR) is 74.2 cm³/mol. The molecule has 0 spiro atoms. The van der Waals surface area contributed by atoms with Crippen LogP contribution < -0.4 is 5.73 Å². The Kier molecular flexibility index (Phi) is 4.57. The van der Waals surface area contributed by atoms with E-state index in [1.807, 2.05) is 30.3 Å². The summed E-state index contributed by atoms with van der Waals surface area (Å²) in [6, 6.07) is 9.43. The van der Waals surface area contributed by atoms with E-state index in [0.717, 1.165) is 5.56 Å². The molecular weight excluding hydrogens is 258 g/mol. The number of oxime groups is 1. The van der Waals surface area contributed by atoms with Crippen molar-refractivity contribution in [3.63, 3.8) is 0 Å². The van der Waals surface area contributed by atoms with Crippen molar-refractivity contribution in [3.8, 4) is 0 Å². The predicted octanol–water partition coefficient (Wildman–Crippen LogP) is 0.185. The molecule has 1 fully saturated rings. The molecule has 6 nitrogen and oxygen atoms in total. The first-order valence-corrected chi connectivity index (χ1v) is 6.60. The number of amidine groups is 1. The van der Waals surface area contributed by atoms with Gasteiger partial charge in [-0.3, -0.25) is 4.79 Å². The van der Waals surface area contributed by atoms with Gasteiger partial charge in [-0.2, -0.15) is 0 Å². The van der Waals surface area contributed by atoms with E-state index in [2.05, 4.69) is 5.16 Å². The van der Waals surface area contributed by atoms with Gasteiger partial charge in [0.1, 0.15) is 5.92 Å². The number of benzene rings is 1. The van der Waals surface area contributed by atoms with Gasteiger partial charge in [-0.25, -0.2) is 0 Å². The summed E-state index contributed by atoms with van der Waals surface area (Å²) in [4.78, 5) is 14.0. The molecule has 1 aliphatic heterocycles. The van der Waals surface area contributed by atoms with Gasteiger partial charge in [0.15, 0.2) is 5.84 Å². The van der Waals surface area contributed by atoms with Gasteiger partial charge in [-0.05, 0) is 18.4 Å². The second-order valence-corrected chi connectivity index (χ2v) is 4.99. The van der Waals surface area contributed by atoms with Crippen LogP contribution in [0.15, 0.2) is 35.5 Å². The van der Waals surface area contributed by atoms with Crippen molar-refractivity contribution < 1.29 is 15.1 Å². The molecule has 1 amide bonds. The van der Waals surface area contributed by atoms with Gasteiger partial charge < -0.3 is 20.9 Å². The molecule has 0 radical (unpaired) electrons. The first kappa shape index (κ1) is 14.3. The number of amides is 1. The first-order chi connectivity index (χ1) is 9.61. The van der Waals surface area contributed by atoms with Crippen molar-refractivity contribution in [1.82, 2.24) is 4.90 Å². The molecule has 108 valence electrons. The number of carbonyl (C=O) groups excluding carboxylic acids is 1. The maximum Gasteiger partial charge on any atom is 0.233 e. The molecule has 0 saturated carbocycles. The minimum Gasteiger partial charge on any atom is -0.409 e. The van der Waals surface area contributed by atoms with Gasteiger partial charge in [-0.15, -0.1) is 0 Å². The molecule has 1 heterocycles. The van der Waals surface area contributed by atoms with Crippen molar-refractivity contribution in [3.05, 3.63) is 35.9 Å². The quantitative estimate of drug-likeness (QED) is 0.316. The molecule has 1 aromatic rings. The molecule has 4 N–H and O–H groups in total. The average molecular weight is 277 g/mol. The lowest BCUT2D eigenvalue weighted by Gasteiger charge is -2.22. The fraction of sp³-hybridized carbons (Fsp3) is 0.429. The van der Waals surface area contributed by atoms with E-state index in [0.29, 0.717) is 25.9 Å². The lowest BCUT2D eigenvalue weighted by molar-refractivity contribution is -0.132. The van der Waals surface area contributed by atoms with Crippen molar-refractivity contribution in [1.29, 1.82) is 0 Å². The summed E-state index contributed by atoms with van der Waals surface area (Å²) in [6.45, 7) is 0.812. The molecule has 1 aliphatic rings. The van der Waals surface area contributed by atoms with Crippen LogP contribution in [0.4, 0.5) is 0 Å². The number of aliphatic hydroxyl groups is 1. The van der Waals surface area contributed by atoms with Crippen molar-refractivity contribution in [2.24, 2.45) is 16.8 Å². The number of carbonyl (C=O) groups is 1. The number of aliphatic hydroxyl groups excluding tert-OH is 1. The fourth-order valence-electron chi connectivity index (χ4n) is 2.40. The molecule has 2 atom stereocenters. The van der Waals surface area contributed by atoms with Crippen molar-refractivity contribution in [2.75, 3.05) is 13.1 Å². The molecule has 1 saturated heterocycles. The second kappa shape index (κ2) is 6.38. The maximum absolute atomic E-state index is 12.4. The Labute approximate surface area is 117 Å². The summed E-state index contributed by atoms with van der Waals surface area (Å²) in [5.41, 5.74) is 6.60. The zero-order valence-electron chi connectivity index (χ0n) is 11.1. The van der Waals surface area contributed by atoms with E-state index >= 15 is 0 Å². The SMILES string of the molecule is NC(=NO)C(Cc1ccccc1)C(=O)N1CCC(O)C1. The van der Waals surface area contributed by atoms with Crippen LogP contribution in [0.25, 0.3) is 0 Å². The highest BCUT2D eigenvalue weighted by Crippen LogP contribution is 2.17. The lowest BCUT2D eigenvalue weighted by Crippen LogP contribution is -2.42. The lowest BCUT2D eigenvalue weighted by atomic mass is 9.97. The van der Waals surface area contributed by atoms with Crippen LogP contribution in [-0.2, 0) is 11.2 Å². The molecular formula is C14H19N3O3. The monoisotopic (exact) mass is 277 g/mol.